The van der Waals surface area contributed by atoms with E-state index in [-0.39, 0.29) is 11.7 Å². The van der Waals surface area contributed by atoms with Crippen molar-refractivity contribution >= 4 is 11.7 Å². The highest BCUT2D eigenvalue weighted by Crippen LogP contribution is 2.09. The Morgan fingerprint density at radius 2 is 2.40 bits per heavy atom. The van der Waals surface area contributed by atoms with E-state index < -0.39 is 0 Å². The van der Waals surface area contributed by atoms with Crippen LogP contribution >= 0.6 is 0 Å². The van der Waals surface area contributed by atoms with Gasteiger partial charge in [0, 0.05) is 19.2 Å². The number of rotatable bonds is 2. The molecule has 2 aromatic rings. The molecule has 6 heteroatoms. The first-order valence-electron chi connectivity index (χ1n) is 4.39. The van der Waals surface area contributed by atoms with Crippen LogP contribution in [0.25, 0.3) is 0 Å². The number of anilines is 1. The molecule has 1 amide bonds. The summed E-state index contributed by atoms with van der Waals surface area (Å²) in [7, 11) is 1.75. The van der Waals surface area contributed by atoms with Crippen LogP contribution in [-0.4, -0.2) is 20.8 Å². The number of aromatic nitrogens is 3. The van der Waals surface area contributed by atoms with E-state index in [1.54, 1.807) is 17.8 Å². The molecule has 0 fully saturated rings. The summed E-state index contributed by atoms with van der Waals surface area (Å²) in [5.74, 6) is 0.457. The lowest BCUT2D eigenvalue weighted by atomic mass is 10.4. The molecule has 1 N–H and O–H groups in total. The van der Waals surface area contributed by atoms with Gasteiger partial charge in [-0.3, -0.25) is 9.48 Å². The Kier molecular flexibility index (Phi) is 2.24. The van der Waals surface area contributed by atoms with Gasteiger partial charge in [0.05, 0.1) is 11.9 Å². The minimum atomic E-state index is -0.337. The van der Waals surface area contributed by atoms with E-state index in [1.165, 1.54) is 12.3 Å². The Hall–Kier alpha value is -2.11. The lowest BCUT2D eigenvalue weighted by Gasteiger charge is -2.01. The second-order valence-corrected chi connectivity index (χ2v) is 3.13. The second-order valence-electron chi connectivity index (χ2n) is 3.13. The van der Waals surface area contributed by atoms with Crippen LogP contribution in [0.3, 0.4) is 0 Å². The van der Waals surface area contributed by atoms with E-state index in [1.807, 2.05) is 6.92 Å². The largest absolute Gasteiger partial charge is 0.351 e. The summed E-state index contributed by atoms with van der Waals surface area (Å²) in [4.78, 5) is 11.6. The lowest BCUT2D eigenvalue weighted by Crippen LogP contribution is -2.13. The number of amides is 1. The number of nitrogens with one attached hydrogen (secondary N) is 1. The highest BCUT2D eigenvalue weighted by Gasteiger charge is 2.12. The molecule has 0 atom stereocenters. The van der Waals surface area contributed by atoms with E-state index in [0.717, 1.165) is 5.69 Å². The van der Waals surface area contributed by atoms with Gasteiger partial charge in [0.2, 0.25) is 5.76 Å². The Balaban J connectivity index is 2.16. The van der Waals surface area contributed by atoms with Gasteiger partial charge in [0.25, 0.3) is 5.91 Å². The first kappa shape index (κ1) is 9.45. The van der Waals surface area contributed by atoms with Crippen molar-refractivity contribution in [1.29, 1.82) is 0 Å². The first-order valence-corrected chi connectivity index (χ1v) is 4.39. The summed E-state index contributed by atoms with van der Waals surface area (Å²) in [6.45, 7) is 1.85. The molecule has 0 radical (unpaired) electrons. The van der Waals surface area contributed by atoms with Crippen molar-refractivity contribution in [3.8, 4) is 0 Å². The topological polar surface area (TPSA) is 73.0 Å². The van der Waals surface area contributed by atoms with Crippen LogP contribution < -0.4 is 5.32 Å². The van der Waals surface area contributed by atoms with Crippen LogP contribution in [0.4, 0.5) is 5.82 Å². The van der Waals surface area contributed by atoms with Crippen LogP contribution in [-0.2, 0) is 7.05 Å². The number of hydrogen-bond donors (Lipinski definition) is 1. The molecule has 2 heterocycles. The number of carbonyl (C=O) groups is 1. The number of hydrogen-bond acceptors (Lipinski definition) is 4. The third-order valence-electron chi connectivity index (χ3n) is 1.91. The van der Waals surface area contributed by atoms with E-state index in [4.69, 9.17) is 4.52 Å². The molecule has 0 spiro atoms. The molecule has 2 rings (SSSR count). The summed E-state index contributed by atoms with van der Waals surface area (Å²) in [5.41, 5.74) is 0.838. The smallest absolute Gasteiger partial charge is 0.295 e. The highest BCUT2D eigenvalue weighted by atomic mass is 16.5. The normalized spacial score (nSPS) is 10.3. The molecule has 78 valence electrons. The third-order valence-corrected chi connectivity index (χ3v) is 1.91. The van der Waals surface area contributed by atoms with Gasteiger partial charge in [-0.1, -0.05) is 5.16 Å². The van der Waals surface area contributed by atoms with Gasteiger partial charge in [0.1, 0.15) is 5.82 Å². The summed E-state index contributed by atoms with van der Waals surface area (Å²) >= 11 is 0. The number of carbonyl (C=O) groups excluding carboxylic acids is 1. The van der Waals surface area contributed by atoms with Crippen LogP contribution in [0.15, 0.2) is 22.9 Å². The first-order chi connectivity index (χ1) is 7.16. The zero-order valence-corrected chi connectivity index (χ0v) is 8.39. The standard InChI is InChI=1S/C9H10N4O2/c1-6-5-8(13(2)12-6)11-9(14)7-3-4-10-15-7/h3-5H,1-2H3,(H,11,14). The van der Waals surface area contributed by atoms with Gasteiger partial charge < -0.3 is 9.84 Å². The zero-order valence-electron chi connectivity index (χ0n) is 8.39. The van der Waals surface area contributed by atoms with Crippen molar-refractivity contribution in [2.75, 3.05) is 5.32 Å². The number of nitrogens with zero attached hydrogens (tertiary/aromatic N) is 3. The van der Waals surface area contributed by atoms with Crippen LogP contribution in [0, 0.1) is 6.92 Å². The van der Waals surface area contributed by atoms with Crippen molar-refractivity contribution in [3.63, 3.8) is 0 Å². The Labute approximate surface area is 85.9 Å². The van der Waals surface area contributed by atoms with Gasteiger partial charge in [-0.2, -0.15) is 5.10 Å². The van der Waals surface area contributed by atoms with Gasteiger partial charge in [-0.15, -0.1) is 0 Å². The van der Waals surface area contributed by atoms with E-state index >= 15 is 0 Å². The summed E-state index contributed by atoms with van der Waals surface area (Å²) < 4.78 is 6.31. The van der Waals surface area contributed by atoms with Crippen molar-refractivity contribution in [3.05, 3.63) is 29.8 Å². The van der Waals surface area contributed by atoms with Crippen molar-refractivity contribution in [1.82, 2.24) is 14.9 Å². The molecule has 15 heavy (non-hydrogen) atoms. The average molecular weight is 206 g/mol. The maximum Gasteiger partial charge on any atom is 0.295 e. The quantitative estimate of drug-likeness (QED) is 0.794. The maximum atomic E-state index is 11.6. The van der Waals surface area contributed by atoms with Crippen molar-refractivity contribution < 1.29 is 9.32 Å². The maximum absolute atomic E-state index is 11.6. The molecule has 0 saturated carbocycles. The van der Waals surface area contributed by atoms with Crippen LogP contribution in [0.2, 0.25) is 0 Å². The predicted molar refractivity (Wildman–Crippen MR) is 52.4 cm³/mol. The monoisotopic (exact) mass is 206 g/mol. The molecule has 0 unspecified atom stereocenters. The van der Waals surface area contributed by atoms with E-state index in [0.29, 0.717) is 5.82 Å². The molecule has 6 nitrogen and oxygen atoms in total. The fourth-order valence-corrected chi connectivity index (χ4v) is 1.24. The lowest BCUT2D eigenvalue weighted by molar-refractivity contribution is 0.0987. The molecule has 0 aliphatic heterocycles. The summed E-state index contributed by atoms with van der Waals surface area (Å²) in [6.07, 6.45) is 1.42. The Morgan fingerprint density at radius 3 is 2.93 bits per heavy atom. The second kappa shape index (κ2) is 3.56. The summed E-state index contributed by atoms with van der Waals surface area (Å²) in [6, 6.07) is 3.27. The van der Waals surface area contributed by atoms with Gasteiger partial charge in [0.15, 0.2) is 0 Å². The minimum Gasteiger partial charge on any atom is -0.351 e. The average Bonchev–Trinajstić information content (AvgIpc) is 2.76. The van der Waals surface area contributed by atoms with Crippen molar-refractivity contribution in [2.24, 2.45) is 7.05 Å². The highest BCUT2D eigenvalue weighted by molar-refractivity contribution is 6.01. The predicted octanol–water partition coefficient (Wildman–Crippen LogP) is 0.969. The number of aryl methyl sites for hydroxylation is 2. The molecule has 0 aliphatic rings. The molecule has 0 bridgehead atoms. The fraction of sp³-hybridized carbons (Fsp3) is 0.222. The van der Waals surface area contributed by atoms with Crippen LogP contribution in [0.5, 0.6) is 0 Å². The molecule has 0 saturated heterocycles. The van der Waals surface area contributed by atoms with Crippen LogP contribution in [0.1, 0.15) is 16.2 Å². The molecule has 2 aromatic heterocycles. The van der Waals surface area contributed by atoms with E-state index in [9.17, 15) is 4.79 Å². The van der Waals surface area contributed by atoms with E-state index in [2.05, 4.69) is 15.6 Å². The van der Waals surface area contributed by atoms with Gasteiger partial charge in [-0.25, -0.2) is 0 Å². The molecule has 0 aromatic carbocycles. The third kappa shape index (κ3) is 1.88. The van der Waals surface area contributed by atoms with Crippen molar-refractivity contribution in [2.45, 2.75) is 6.92 Å². The molecule has 0 aliphatic carbocycles. The fourth-order valence-electron chi connectivity index (χ4n) is 1.24. The SMILES string of the molecule is Cc1cc(NC(=O)c2ccno2)n(C)n1. The summed E-state index contributed by atoms with van der Waals surface area (Å²) in [5, 5.41) is 10.2. The zero-order chi connectivity index (χ0) is 10.8. The minimum absolute atomic E-state index is 0.175. The Bertz CT molecular complexity index is 472. The molecular weight excluding hydrogens is 196 g/mol. The van der Waals surface area contributed by atoms with Gasteiger partial charge >= 0.3 is 0 Å². The van der Waals surface area contributed by atoms with Gasteiger partial charge in [-0.05, 0) is 6.92 Å². The Morgan fingerprint density at radius 1 is 1.60 bits per heavy atom. The molecular formula is C9H10N4O2.